The van der Waals surface area contributed by atoms with E-state index >= 15 is 0 Å². The Kier molecular flexibility index (Phi) is 15.2. The largest absolute Gasteiger partial charge is 0.532 e. The Morgan fingerprint density at radius 2 is 2.15 bits per heavy atom. The molecule has 0 heterocycles. The maximum atomic E-state index is 11.5. The zero-order valence-corrected chi connectivity index (χ0v) is 13.7. The van der Waals surface area contributed by atoms with Crippen molar-refractivity contribution in [1.82, 2.24) is 5.32 Å². The maximum absolute atomic E-state index is 11.5. The van der Waals surface area contributed by atoms with Crippen molar-refractivity contribution in [2.24, 2.45) is 5.73 Å². The number of carbonyl (C=O) groups is 2. The predicted octanol–water partition coefficient (Wildman–Crippen LogP) is -0.0816. The fourth-order valence-corrected chi connectivity index (χ4v) is 1.04. The van der Waals surface area contributed by atoms with Crippen molar-refractivity contribution in [2.45, 2.75) is 0 Å². The molecule has 0 fully saturated rings. The van der Waals surface area contributed by atoms with E-state index in [4.69, 9.17) is 26.2 Å². The molecular weight excluding hydrogens is 341 g/mol. The first-order valence-corrected chi connectivity index (χ1v) is 5.36. The standard InChI is InChI=1S/C10H15N4O2.CH2O2.Y/c11-4-5-14-16-7-13-10(15)8-2-1-3-9(12)6-8;2-1-3;/h1-3,6H,4-5,7,11-12H2,(H,13,15);1H,(H,2,3);/q-1;;. The summed E-state index contributed by atoms with van der Waals surface area (Å²) in [6.07, 6.45) is 0. The fraction of sp³-hybridized carbons (Fsp3) is 0.273. The number of nitrogens with one attached hydrogen (secondary N) is 1. The molecule has 1 aromatic carbocycles. The van der Waals surface area contributed by atoms with Crippen molar-refractivity contribution in [1.29, 1.82) is 0 Å². The molecule has 0 spiro atoms. The van der Waals surface area contributed by atoms with Crippen molar-refractivity contribution in [3.63, 3.8) is 0 Å². The number of amides is 1. The van der Waals surface area contributed by atoms with Crippen LogP contribution in [0.3, 0.4) is 0 Å². The minimum absolute atomic E-state index is 0. The Labute approximate surface area is 142 Å². The quantitative estimate of drug-likeness (QED) is 0.184. The molecule has 20 heavy (non-hydrogen) atoms. The van der Waals surface area contributed by atoms with Crippen molar-refractivity contribution >= 4 is 18.1 Å². The Morgan fingerprint density at radius 3 is 2.70 bits per heavy atom. The van der Waals surface area contributed by atoms with Gasteiger partial charge >= 0.3 is 0 Å². The van der Waals surface area contributed by atoms with Crippen LogP contribution in [0.1, 0.15) is 10.4 Å². The SMILES string of the molecule is NCC[N-]OCNC(=O)c1cccc(N)c1.O=CO.[Y]. The second-order valence-corrected chi connectivity index (χ2v) is 3.15. The Bertz CT molecular complexity index is 392. The van der Waals surface area contributed by atoms with Crippen molar-refractivity contribution in [3.8, 4) is 0 Å². The zero-order valence-electron chi connectivity index (χ0n) is 10.9. The zero-order chi connectivity index (χ0) is 14.5. The van der Waals surface area contributed by atoms with Crippen molar-refractivity contribution in [2.75, 3.05) is 25.6 Å². The van der Waals surface area contributed by atoms with E-state index in [9.17, 15) is 4.79 Å². The van der Waals surface area contributed by atoms with Crippen LogP contribution in [0.4, 0.5) is 5.69 Å². The minimum atomic E-state index is -0.254. The molecule has 109 valence electrons. The molecule has 0 aliphatic carbocycles. The van der Waals surface area contributed by atoms with Gasteiger partial charge in [0.2, 0.25) is 0 Å². The Balaban J connectivity index is 0. The van der Waals surface area contributed by atoms with Crippen LogP contribution in [0.2, 0.25) is 0 Å². The molecule has 1 rings (SSSR count). The second-order valence-electron chi connectivity index (χ2n) is 3.15. The van der Waals surface area contributed by atoms with Gasteiger partial charge in [0.1, 0.15) is 6.73 Å². The summed E-state index contributed by atoms with van der Waals surface area (Å²) in [5.74, 6) is -0.254. The number of hydroxylamine groups is 1. The van der Waals surface area contributed by atoms with E-state index in [2.05, 4.69) is 10.8 Å². The molecule has 1 amide bonds. The van der Waals surface area contributed by atoms with Crippen LogP contribution in [0, 0.1) is 0 Å². The number of nitrogens with zero attached hydrogens (tertiary/aromatic N) is 1. The van der Waals surface area contributed by atoms with Crippen LogP contribution >= 0.6 is 0 Å². The van der Waals surface area contributed by atoms with Crippen molar-refractivity contribution < 1.29 is 52.2 Å². The van der Waals surface area contributed by atoms with Gasteiger partial charge in [-0.2, -0.15) is 0 Å². The number of hydrogen-bond acceptors (Lipinski definition) is 5. The summed E-state index contributed by atoms with van der Waals surface area (Å²) in [5.41, 5.74) is 15.4. The monoisotopic (exact) mass is 358 g/mol. The van der Waals surface area contributed by atoms with Crippen LogP contribution in [0.15, 0.2) is 24.3 Å². The van der Waals surface area contributed by atoms with Gasteiger partial charge in [0.05, 0.1) is 0 Å². The van der Waals surface area contributed by atoms with Gasteiger partial charge in [-0.05, 0) is 24.7 Å². The molecule has 0 saturated carbocycles. The number of anilines is 1. The number of benzene rings is 1. The number of nitrogens with two attached hydrogens (primary N) is 2. The third-order valence-corrected chi connectivity index (χ3v) is 1.76. The van der Waals surface area contributed by atoms with Gasteiger partial charge in [-0.15, -0.1) is 6.54 Å². The summed E-state index contributed by atoms with van der Waals surface area (Å²) in [5, 5.41) is 9.42. The molecule has 8 nitrogen and oxygen atoms in total. The Hall–Kier alpha value is -1.06. The van der Waals surface area contributed by atoms with Crippen LogP contribution in [0.25, 0.3) is 5.48 Å². The predicted molar refractivity (Wildman–Crippen MR) is 70.2 cm³/mol. The van der Waals surface area contributed by atoms with E-state index in [1.807, 2.05) is 0 Å². The molecule has 0 aliphatic rings. The smallest absolute Gasteiger partial charge is 0.290 e. The van der Waals surface area contributed by atoms with Crippen LogP contribution < -0.4 is 16.8 Å². The van der Waals surface area contributed by atoms with Gasteiger partial charge in [0, 0.05) is 44.0 Å². The van der Waals surface area contributed by atoms with E-state index in [0.717, 1.165) is 0 Å². The molecule has 9 heteroatoms. The van der Waals surface area contributed by atoms with E-state index < -0.39 is 0 Å². The number of rotatable bonds is 6. The van der Waals surface area contributed by atoms with Gasteiger partial charge in [0.25, 0.3) is 12.4 Å². The van der Waals surface area contributed by atoms with Gasteiger partial charge in [0.15, 0.2) is 0 Å². The summed E-state index contributed by atoms with van der Waals surface area (Å²) < 4.78 is 0. The van der Waals surface area contributed by atoms with Crippen LogP contribution in [-0.4, -0.2) is 37.3 Å². The molecule has 0 bridgehead atoms. The molecule has 1 radical (unpaired) electrons. The van der Waals surface area contributed by atoms with Gasteiger partial charge < -0.3 is 32.2 Å². The summed E-state index contributed by atoms with van der Waals surface area (Å²) in [6.45, 7) is 0.602. The first-order chi connectivity index (χ1) is 9.15. The summed E-state index contributed by atoms with van der Waals surface area (Å²) in [7, 11) is 0. The van der Waals surface area contributed by atoms with Gasteiger partial charge in [-0.25, -0.2) is 0 Å². The van der Waals surface area contributed by atoms with Gasteiger partial charge in [-0.1, -0.05) is 6.07 Å². The normalized spacial score (nSPS) is 8.65. The second kappa shape index (κ2) is 14.4. The van der Waals surface area contributed by atoms with Crippen molar-refractivity contribution in [3.05, 3.63) is 35.3 Å². The molecular formula is C11H17N4O4Y-. The van der Waals surface area contributed by atoms with E-state index in [-0.39, 0.29) is 51.8 Å². The summed E-state index contributed by atoms with van der Waals surface area (Å²) >= 11 is 0. The minimum Gasteiger partial charge on any atom is -0.532 e. The number of nitrogen functional groups attached to an aromatic ring is 1. The topological polar surface area (TPSA) is 142 Å². The molecule has 0 unspecified atom stereocenters. The molecule has 6 N–H and O–H groups in total. The van der Waals surface area contributed by atoms with E-state index in [1.165, 1.54) is 0 Å². The average Bonchev–Trinajstić information content (AvgIpc) is 2.39. The van der Waals surface area contributed by atoms with E-state index in [0.29, 0.717) is 24.3 Å². The molecule has 0 aromatic heterocycles. The number of carboxylic acid groups (broad SMARTS) is 1. The van der Waals surface area contributed by atoms with E-state index in [1.54, 1.807) is 24.3 Å². The third-order valence-electron chi connectivity index (χ3n) is 1.76. The molecule has 0 saturated heterocycles. The molecule has 0 atom stereocenters. The van der Waals surface area contributed by atoms with Crippen LogP contribution in [0.5, 0.6) is 0 Å². The third kappa shape index (κ3) is 10.8. The summed E-state index contributed by atoms with van der Waals surface area (Å²) in [4.78, 5) is 24.7. The first-order valence-electron chi connectivity index (χ1n) is 5.36. The fourth-order valence-electron chi connectivity index (χ4n) is 1.04. The Morgan fingerprint density at radius 1 is 1.50 bits per heavy atom. The van der Waals surface area contributed by atoms with Gasteiger partial charge in [-0.3, -0.25) is 9.59 Å². The maximum Gasteiger partial charge on any atom is 0.290 e. The molecule has 0 aliphatic heterocycles. The summed E-state index contributed by atoms with van der Waals surface area (Å²) in [6, 6.07) is 6.68. The number of carbonyl (C=O) groups excluding carboxylic acids is 1. The average molecular weight is 358 g/mol. The number of hydrogen-bond donors (Lipinski definition) is 4. The van der Waals surface area contributed by atoms with Crippen LogP contribution in [-0.2, 0) is 42.3 Å². The first kappa shape index (κ1) is 21.2. The molecule has 1 aromatic rings.